The van der Waals surface area contributed by atoms with E-state index in [0.29, 0.717) is 12.8 Å². The molecule has 3 rings (SSSR count). The Balaban J connectivity index is 2.01. The third-order valence-corrected chi connectivity index (χ3v) is 5.88. The van der Waals surface area contributed by atoms with Crippen LogP contribution in [0.4, 0.5) is 5.69 Å². The highest BCUT2D eigenvalue weighted by molar-refractivity contribution is 6.04. The maximum Gasteiger partial charge on any atom is 0.313 e. The highest BCUT2D eigenvalue weighted by Crippen LogP contribution is 2.65. The van der Waals surface area contributed by atoms with Crippen molar-refractivity contribution < 1.29 is 14.3 Å². The molecule has 2 fully saturated rings. The van der Waals surface area contributed by atoms with E-state index in [9.17, 15) is 9.59 Å². The normalized spacial score (nSPS) is 32.9. The minimum absolute atomic E-state index is 0.131. The molecule has 0 unspecified atom stereocenters. The van der Waals surface area contributed by atoms with Gasteiger partial charge in [0.25, 0.3) is 5.91 Å². The molecular weight excluding hydrogens is 266 g/mol. The van der Waals surface area contributed by atoms with Gasteiger partial charge in [0.05, 0.1) is 5.41 Å². The lowest BCUT2D eigenvalue weighted by Crippen LogP contribution is -2.54. The van der Waals surface area contributed by atoms with Crippen LogP contribution in [0.3, 0.4) is 0 Å². The van der Waals surface area contributed by atoms with Crippen molar-refractivity contribution in [3.63, 3.8) is 0 Å². The molecule has 4 heteroatoms. The SMILES string of the molecule is CN(C(=O)[C@]12CC[C@](C)(C(=O)O1)C2(C)C)c1ccccc1. The molecule has 1 amide bonds. The summed E-state index contributed by atoms with van der Waals surface area (Å²) in [5.74, 6) is -0.373. The van der Waals surface area contributed by atoms with E-state index < -0.39 is 16.4 Å². The van der Waals surface area contributed by atoms with Crippen LogP contribution in [0.15, 0.2) is 30.3 Å². The number of para-hydroxylation sites is 1. The van der Waals surface area contributed by atoms with Gasteiger partial charge in [0.15, 0.2) is 5.60 Å². The summed E-state index contributed by atoms with van der Waals surface area (Å²) in [5.41, 5.74) is -1.30. The Kier molecular flexibility index (Phi) is 2.75. The zero-order valence-corrected chi connectivity index (χ0v) is 13.0. The van der Waals surface area contributed by atoms with Crippen molar-refractivity contribution in [1.29, 1.82) is 0 Å². The predicted octanol–water partition coefficient (Wildman–Crippen LogP) is 2.77. The van der Waals surface area contributed by atoms with Gasteiger partial charge in [-0.05, 0) is 31.9 Å². The number of rotatable bonds is 2. The molecule has 1 aromatic rings. The Bertz CT molecular complexity index is 610. The monoisotopic (exact) mass is 287 g/mol. The molecule has 4 nitrogen and oxygen atoms in total. The second-order valence-corrected chi connectivity index (χ2v) is 6.87. The Morgan fingerprint density at radius 1 is 1.14 bits per heavy atom. The van der Waals surface area contributed by atoms with Crippen molar-refractivity contribution in [3.8, 4) is 0 Å². The third kappa shape index (κ3) is 1.50. The summed E-state index contributed by atoms with van der Waals surface area (Å²) < 4.78 is 5.64. The number of hydrogen-bond donors (Lipinski definition) is 0. The Morgan fingerprint density at radius 3 is 2.24 bits per heavy atom. The molecule has 1 heterocycles. The van der Waals surface area contributed by atoms with E-state index in [1.54, 1.807) is 11.9 Å². The molecule has 2 atom stereocenters. The highest BCUT2D eigenvalue weighted by Gasteiger charge is 2.76. The lowest BCUT2D eigenvalue weighted by Gasteiger charge is -2.37. The molecule has 1 saturated carbocycles. The van der Waals surface area contributed by atoms with Crippen LogP contribution in [0.1, 0.15) is 33.6 Å². The van der Waals surface area contributed by atoms with Crippen molar-refractivity contribution in [2.24, 2.45) is 10.8 Å². The van der Waals surface area contributed by atoms with Gasteiger partial charge >= 0.3 is 5.97 Å². The van der Waals surface area contributed by atoms with Gasteiger partial charge in [-0.25, -0.2) is 0 Å². The van der Waals surface area contributed by atoms with Crippen molar-refractivity contribution in [1.82, 2.24) is 0 Å². The fourth-order valence-electron chi connectivity index (χ4n) is 3.76. The van der Waals surface area contributed by atoms with Crippen LogP contribution in [0.5, 0.6) is 0 Å². The Hall–Kier alpha value is -1.84. The Labute approximate surface area is 125 Å². The summed E-state index contributed by atoms with van der Waals surface area (Å²) in [7, 11) is 1.74. The average molecular weight is 287 g/mol. The van der Waals surface area contributed by atoms with Crippen LogP contribution in [0, 0.1) is 10.8 Å². The molecule has 2 aliphatic rings. The van der Waals surface area contributed by atoms with Gasteiger partial charge in [-0.15, -0.1) is 0 Å². The van der Waals surface area contributed by atoms with E-state index in [2.05, 4.69) is 0 Å². The van der Waals surface area contributed by atoms with E-state index in [0.717, 1.165) is 5.69 Å². The minimum Gasteiger partial charge on any atom is -0.448 e. The number of fused-ring (bicyclic) bond motifs is 2. The average Bonchev–Trinajstić information content (AvgIpc) is 2.77. The van der Waals surface area contributed by atoms with Crippen LogP contribution in [-0.4, -0.2) is 24.5 Å². The lowest BCUT2D eigenvalue weighted by molar-refractivity contribution is -0.166. The van der Waals surface area contributed by atoms with Crippen LogP contribution in [-0.2, 0) is 14.3 Å². The van der Waals surface area contributed by atoms with E-state index in [-0.39, 0.29) is 11.9 Å². The summed E-state index contributed by atoms with van der Waals surface area (Å²) in [6.07, 6.45) is 1.30. The first kappa shape index (κ1) is 14.1. The van der Waals surface area contributed by atoms with Gasteiger partial charge in [-0.3, -0.25) is 9.59 Å². The summed E-state index contributed by atoms with van der Waals surface area (Å²) in [6, 6.07) is 9.45. The van der Waals surface area contributed by atoms with Gasteiger partial charge < -0.3 is 9.64 Å². The summed E-state index contributed by atoms with van der Waals surface area (Å²) >= 11 is 0. The largest absolute Gasteiger partial charge is 0.448 e. The van der Waals surface area contributed by atoms with Crippen molar-refractivity contribution in [2.45, 2.75) is 39.2 Å². The molecule has 0 aromatic heterocycles. The third-order valence-electron chi connectivity index (χ3n) is 5.88. The lowest BCUT2D eigenvalue weighted by atomic mass is 9.66. The minimum atomic E-state index is -1.04. The van der Waals surface area contributed by atoms with Crippen LogP contribution >= 0.6 is 0 Å². The molecule has 21 heavy (non-hydrogen) atoms. The van der Waals surface area contributed by atoms with Crippen molar-refractivity contribution in [2.75, 3.05) is 11.9 Å². The molecule has 0 N–H and O–H groups in total. The molecule has 1 aromatic carbocycles. The van der Waals surface area contributed by atoms with Gasteiger partial charge in [-0.1, -0.05) is 32.0 Å². The summed E-state index contributed by atoms with van der Waals surface area (Å²) in [5, 5.41) is 0. The molecule has 1 aliphatic carbocycles. The maximum atomic E-state index is 13.1. The van der Waals surface area contributed by atoms with Crippen molar-refractivity contribution in [3.05, 3.63) is 30.3 Å². The van der Waals surface area contributed by atoms with E-state index in [4.69, 9.17) is 4.74 Å². The fourth-order valence-corrected chi connectivity index (χ4v) is 3.76. The number of likely N-dealkylation sites (N-methyl/N-ethyl adjacent to an activating group) is 1. The quantitative estimate of drug-likeness (QED) is 0.786. The van der Waals surface area contributed by atoms with Crippen molar-refractivity contribution >= 4 is 17.6 Å². The van der Waals surface area contributed by atoms with Crippen LogP contribution in [0.2, 0.25) is 0 Å². The molecule has 112 valence electrons. The predicted molar refractivity (Wildman–Crippen MR) is 79.8 cm³/mol. The zero-order valence-electron chi connectivity index (χ0n) is 13.0. The van der Waals surface area contributed by atoms with Gasteiger partial charge in [0, 0.05) is 18.2 Å². The number of carbonyl (C=O) groups is 2. The number of nitrogens with zero attached hydrogens (tertiary/aromatic N) is 1. The highest BCUT2D eigenvalue weighted by atomic mass is 16.6. The maximum absolute atomic E-state index is 13.1. The van der Waals surface area contributed by atoms with E-state index in [1.165, 1.54) is 0 Å². The number of ether oxygens (including phenoxy) is 1. The van der Waals surface area contributed by atoms with Gasteiger partial charge in [0.1, 0.15) is 0 Å². The van der Waals surface area contributed by atoms with E-state index >= 15 is 0 Å². The standard InChI is InChI=1S/C17H21NO3/c1-15(2)16(3)10-11-17(15,21-14(16)20)13(19)18(4)12-8-6-5-7-9-12/h5-9H,10-11H2,1-4H3/t16-,17+/m1/s1. The smallest absolute Gasteiger partial charge is 0.313 e. The van der Waals surface area contributed by atoms with Crippen LogP contribution < -0.4 is 4.90 Å². The fraction of sp³-hybridized carbons (Fsp3) is 0.529. The molecule has 0 spiro atoms. The first-order valence-corrected chi connectivity index (χ1v) is 7.33. The second-order valence-electron chi connectivity index (χ2n) is 6.87. The number of esters is 1. The van der Waals surface area contributed by atoms with Gasteiger partial charge in [-0.2, -0.15) is 0 Å². The molecule has 1 saturated heterocycles. The number of amides is 1. The summed E-state index contributed by atoms with van der Waals surface area (Å²) in [4.78, 5) is 26.9. The number of anilines is 1. The molecule has 0 radical (unpaired) electrons. The summed E-state index contributed by atoms with van der Waals surface area (Å²) in [6.45, 7) is 5.86. The Morgan fingerprint density at radius 2 is 1.76 bits per heavy atom. The van der Waals surface area contributed by atoms with E-state index in [1.807, 2.05) is 51.1 Å². The zero-order chi connectivity index (χ0) is 15.5. The first-order chi connectivity index (χ1) is 9.76. The molecule has 1 aliphatic heterocycles. The molecule has 2 bridgehead atoms. The second kappa shape index (κ2) is 4.09. The number of benzene rings is 1. The topological polar surface area (TPSA) is 46.6 Å². The number of hydrogen-bond acceptors (Lipinski definition) is 3. The number of carbonyl (C=O) groups excluding carboxylic acids is 2. The van der Waals surface area contributed by atoms with Gasteiger partial charge in [0.2, 0.25) is 0 Å². The first-order valence-electron chi connectivity index (χ1n) is 7.33. The van der Waals surface area contributed by atoms with Crippen LogP contribution in [0.25, 0.3) is 0 Å². The molecular formula is C17H21NO3.